The smallest absolute Gasteiger partial charge is 0.247 e. The summed E-state index contributed by atoms with van der Waals surface area (Å²) in [4.78, 5) is 31.5. The standard InChI is InChI=1S/C21H35N5O2/c1-17-14-22-26(15-17)18(2)20(28)24-12-8-21(9-13-24)7-6-19(27)25(16-21)11-5-10-23(3)4/h14-15,18H,5-13,16H2,1-4H3. The Balaban J connectivity index is 1.54. The van der Waals surface area contributed by atoms with E-state index in [0.717, 1.165) is 64.0 Å². The fourth-order valence-electron chi connectivity index (χ4n) is 4.52. The predicted octanol–water partition coefficient (Wildman–Crippen LogP) is 1.94. The van der Waals surface area contributed by atoms with Gasteiger partial charge < -0.3 is 14.7 Å². The van der Waals surface area contributed by atoms with Crippen LogP contribution in [0.5, 0.6) is 0 Å². The molecular formula is C21H35N5O2. The Morgan fingerprint density at radius 2 is 2.00 bits per heavy atom. The highest BCUT2D eigenvalue weighted by Crippen LogP contribution is 2.40. The van der Waals surface area contributed by atoms with Crippen LogP contribution < -0.4 is 0 Å². The summed E-state index contributed by atoms with van der Waals surface area (Å²) in [5.41, 5.74) is 1.26. The molecule has 1 spiro atoms. The van der Waals surface area contributed by atoms with Gasteiger partial charge in [-0.25, -0.2) is 0 Å². The average molecular weight is 390 g/mol. The molecular weight excluding hydrogens is 354 g/mol. The van der Waals surface area contributed by atoms with Gasteiger partial charge >= 0.3 is 0 Å². The van der Waals surface area contributed by atoms with Crippen LogP contribution in [0.2, 0.25) is 0 Å². The Kier molecular flexibility index (Phi) is 6.43. The molecule has 7 heteroatoms. The highest BCUT2D eigenvalue weighted by molar-refractivity contribution is 5.80. The summed E-state index contributed by atoms with van der Waals surface area (Å²) in [6.45, 7) is 8.17. The van der Waals surface area contributed by atoms with E-state index in [2.05, 4.69) is 29.0 Å². The number of nitrogens with zero attached hydrogens (tertiary/aromatic N) is 5. The molecule has 2 saturated heterocycles. The number of carbonyl (C=O) groups is 2. The van der Waals surface area contributed by atoms with Gasteiger partial charge in [0.1, 0.15) is 6.04 Å². The van der Waals surface area contributed by atoms with Crippen LogP contribution in [0.1, 0.15) is 50.6 Å². The highest BCUT2D eigenvalue weighted by Gasteiger charge is 2.42. The number of likely N-dealkylation sites (tertiary alicyclic amines) is 2. The van der Waals surface area contributed by atoms with Gasteiger partial charge in [0.05, 0.1) is 6.20 Å². The first-order valence-electron chi connectivity index (χ1n) is 10.5. The summed E-state index contributed by atoms with van der Waals surface area (Å²) in [6, 6.07) is -0.266. The van der Waals surface area contributed by atoms with Crippen molar-refractivity contribution in [3.63, 3.8) is 0 Å². The van der Waals surface area contributed by atoms with E-state index in [-0.39, 0.29) is 17.4 Å². The second-order valence-electron chi connectivity index (χ2n) is 8.97. The van der Waals surface area contributed by atoms with Crippen molar-refractivity contribution >= 4 is 11.8 Å². The maximum Gasteiger partial charge on any atom is 0.247 e. The van der Waals surface area contributed by atoms with Crippen LogP contribution in [-0.4, -0.2) is 83.1 Å². The topological polar surface area (TPSA) is 61.7 Å². The molecule has 1 unspecified atom stereocenters. The molecule has 28 heavy (non-hydrogen) atoms. The van der Waals surface area contributed by atoms with Crippen LogP contribution in [-0.2, 0) is 9.59 Å². The summed E-state index contributed by atoms with van der Waals surface area (Å²) in [5.74, 6) is 0.443. The fourth-order valence-corrected chi connectivity index (χ4v) is 4.52. The van der Waals surface area contributed by atoms with E-state index in [0.29, 0.717) is 12.3 Å². The van der Waals surface area contributed by atoms with Crippen LogP contribution >= 0.6 is 0 Å². The summed E-state index contributed by atoms with van der Waals surface area (Å²) >= 11 is 0. The zero-order chi connectivity index (χ0) is 20.3. The van der Waals surface area contributed by atoms with Gasteiger partial charge in [-0.3, -0.25) is 14.3 Å². The first kappa shape index (κ1) is 20.8. The molecule has 0 bridgehead atoms. The molecule has 3 heterocycles. The SMILES string of the molecule is Cc1cnn(C(C)C(=O)N2CCC3(CCC(=O)N(CCCN(C)C)C3)CC2)c1. The predicted molar refractivity (Wildman–Crippen MR) is 109 cm³/mol. The van der Waals surface area contributed by atoms with Gasteiger partial charge in [0.25, 0.3) is 0 Å². The zero-order valence-corrected chi connectivity index (χ0v) is 17.9. The van der Waals surface area contributed by atoms with Gasteiger partial charge in [-0.2, -0.15) is 5.10 Å². The molecule has 3 rings (SSSR count). The quantitative estimate of drug-likeness (QED) is 0.746. The number of hydrogen-bond donors (Lipinski definition) is 0. The fraction of sp³-hybridized carbons (Fsp3) is 0.762. The Bertz CT molecular complexity index is 691. The maximum atomic E-state index is 12.9. The largest absolute Gasteiger partial charge is 0.342 e. The zero-order valence-electron chi connectivity index (χ0n) is 17.9. The number of hydrogen-bond acceptors (Lipinski definition) is 4. The van der Waals surface area contributed by atoms with Crippen molar-refractivity contribution in [3.05, 3.63) is 18.0 Å². The van der Waals surface area contributed by atoms with E-state index in [9.17, 15) is 9.59 Å². The third-order valence-electron chi connectivity index (χ3n) is 6.40. The third-order valence-corrected chi connectivity index (χ3v) is 6.40. The van der Waals surface area contributed by atoms with Crippen LogP contribution in [0, 0.1) is 12.3 Å². The van der Waals surface area contributed by atoms with Crippen molar-refractivity contribution in [2.75, 3.05) is 46.8 Å². The van der Waals surface area contributed by atoms with E-state index < -0.39 is 0 Å². The first-order chi connectivity index (χ1) is 13.3. The summed E-state index contributed by atoms with van der Waals surface area (Å²) in [7, 11) is 4.13. The maximum absolute atomic E-state index is 12.9. The van der Waals surface area contributed by atoms with Crippen molar-refractivity contribution in [1.82, 2.24) is 24.5 Å². The number of rotatable bonds is 6. The number of amides is 2. The Hall–Kier alpha value is -1.89. The van der Waals surface area contributed by atoms with Gasteiger partial charge in [-0.1, -0.05) is 0 Å². The minimum Gasteiger partial charge on any atom is -0.342 e. The minimum absolute atomic E-state index is 0.146. The summed E-state index contributed by atoms with van der Waals surface area (Å²) in [6.07, 6.45) is 8.32. The van der Waals surface area contributed by atoms with Crippen molar-refractivity contribution in [2.24, 2.45) is 5.41 Å². The molecule has 1 aromatic rings. The lowest BCUT2D eigenvalue weighted by Crippen LogP contribution is -2.53. The highest BCUT2D eigenvalue weighted by atomic mass is 16.2. The second kappa shape index (κ2) is 8.64. The molecule has 0 saturated carbocycles. The van der Waals surface area contributed by atoms with Crippen molar-refractivity contribution in [3.8, 4) is 0 Å². The monoisotopic (exact) mass is 389 g/mol. The molecule has 1 atom stereocenters. The lowest BCUT2D eigenvalue weighted by molar-refractivity contribution is -0.143. The summed E-state index contributed by atoms with van der Waals surface area (Å²) < 4.78 is 1.76. The normalized spacial score (nSPS) is 20.8. The Labute approximate surface area is 168 Å². The number of carbonyl (C=O) groups excluding carboxylic acids is 2. The van der Waals surface area contributed by atoms with E-state index in [4.69, 9.17) is 0 Å². The molecule has 0 radical (unpaired) electrons. The molecule has 0 aromatic carbocycles. The lowest BCUT2D eigenvalue weighted by Gasteiger charge is -2.47. The third kappa shape index (κ3) is 4.74. The average Bonchev–Trinajstić information content (AvgIpc) is 3.10. The van der Waals surface area contributed by atoms with Crippen molar-refractivity contribution in [2.45, 2.75) is 52.0 Å². The molecule has 2 amide bonds. The molecule has 7 nitrogen and oxygen atoms in total. The van der Waals surface area contributed by atoms with Crippen LogP contribution in [0.25, 0.3) is 0 Å². The number of aryl methyl sites for hydroxylation is 1. The van der Waals surface area contributed by atoms with Gasteiger partial charge in [0, 0.05) is 38.8 Å². The lowest BCUT2D eigenvalue weighted by atomic mass is 9.72. The molecule has 0 N–H and O–H groups in total. The molecule has 0 aliphatic carbocycles. The molecule has 2 aliphatic rings. The van der Waals surface area contributed by atoms with E-state index in [1.807, 2.05) is 24.9 Å². The minimum atomic E-state index is -0.266. The van der Waals surface area contributed by atoms with Gasteiger partial charge in [0.2, 0.25) is 11.8 Å². The van der Waals surface area contributed by atoms with Crippen LogP contribution in [0.4, 0.5) is 0 Å². The van der Waals surface area contributed by atoms with Gasteiger partial charge in [0.15, 0.2) is 0 Å². The number of piperidine rings is 2. The Morgan fingerprint density at radius 3 is 2.61 bits per heavy atom. The number of aromatic nitrogens is 2. The van der Waals surface area contributed by atoms with E-state index in [1.54, 1.807) is 10.9 Å². The van der Waals surface area contributed by atoms with E-state index >= 15 is 0 Å². The van der Waals surface area contributed by atoms with E-state index in [1.165, 1.54) is 0 Å². The molecule has 156 valence electrons. The van der Waals surface area contributed by atoms with Gasteiger partial charge in [-0.15, -0.1) is 0 Å². The second-order valence-corrected chi connectivity index (χ2v) is 8.97. The molecule has 2 fully saturated rings. The van der Waals surface area contributed by atoms with Crippen LogP contribution in [0.15, 0.2) is 12.4 Å². The summed E-state index contributed by atoms with van der Waals surface area (Å²) in [5, 5.41) is 4.30. The van der Waals surface area contributed by atoms with Crippen molar-refractivity contribution < 1.29 is 9.59 Å². The van der Waals surface area contributed by atoms with Crippen LogP contribution in [0.3, 0.4) is 0 Å². The Morgan fingerprint density at radius 1 is 1.29 bits per heavy atom. The van der Waals surface area contributed by atoms with Gasteiger partial charge in [-0.05, 0) is 71.1 Å². The van der Waals surface area contributed by atoms with Crippen molar-refractivity contribution in [1.29, 1.82) is 0 Å². The molecule has 1 aromatic heterocycles. The molecule has 2 aliphatic heterocycles. The first-order valence-corrected chi connectivity index (χ1v) is 10.5.